The molecule has 1 N–H and O–H groups in total. The standard InChI is InChI=1S/C24H19BrN2O5/c1-31-16-7-5-6-15(13-16)27-21(18-8-3-4-11-26-18)20(23(29)24(27)30)22(28)14-9-10-19(32-2)17(25)12-14/h3-13,21,28H,1-2H3/b22-20+. The van der Waals surface area contributed by atoms with Crippen LogP contribution in [-0.2, 0) is 9.59 Å². The summed E-state index contributed by atoms with van der Waals surface area (Å²) in [5, 5.41) is 11.2. The fourth-order valence-corrected chi connectivity index (χ4v) is 4.19. The third-order valence-corrected chi connectivity index (χ3v) is 5.79. The van der Waals surface area contributed by atoms with E-state index < -0.39 is 17.7 Å². The van der Waals surface area contributed by atoms with Crippen molar-refractivity contribution in [2.45, 2.75) is 6.04 Å². The highest BCUT2D eigenvalue weighted by molar-refractivity contribution is 9.10. The number of anilines is 1. The smallest absolute Gasteiger partial charge is 0.300 e. The average molecular weight is 495 g/mol. The molecule has 0 spiro atoms. The van der Waals surface area contributed by atoms with Gasteiger partial charge in [0.05, 0.1) is 30.0 Å². The Hall–Kier alpha value is -3.65. The van der Waals surface area contributed by atoms with Crippen molar-refractivity contribution < 1.29 is 24.2 Å². The lowest BCUT2D eigenvalue weighted by Crippen LogP contribution is -2.29. The number of hydrogen-bond acceptors (Lipinski definition) is 6. The summed E-state index contributed by atoms with van der Waals surface area (Å²) in [5.74, 6) is -0.758. The Bertz CT molecular complexity index is 1230. The van der Waals surface area contributed by atoms with Crippen LogP contribution in [0.5, 0.6) is 11.5 Å². The van der Waals surface area contributed by atoms with Crippen molar-refractivity contribution in [1.82, 2.24) is 4.98 Å². The number of carbonyl (C=O) groups excluding carboxylic acids is 2. The first-order valence-corrected chi connectivity index (χ1v) is 10.5. The van der Waals surface area contributed by atoms with E-state index in [-0.39, 0.29) is 11.3 Å². The zero-order valence-corrected chi connectivity index (χ0v) is 18.9. The molecule has 7 nitrogen and oxygen atoms in total. The van der Waals surface area contributed by atoms with E-state index in [1.165, 1.54) is 19.1 Å². The normalized spacial score (nSPS) is 17.5. The number of methoxy groups -OCH3 is 2. The van der Waals surface area contributed by atoms with Crippen molar-refractivity contribution in [1.29, 1.82) is 0 Å². The Labute approximate surface area is 193 Å². The molecule has 1 saturated heterocycles. The predicted molar refractivity (Wildman–Crippen MR) is 123 cm³/mol. The van der Waals surface area contributed by atoms with Gasteiger partial charge in [-0.25, -0.2) is 0 Å². The van der Waals surface area contributed by atoms with Crippen molar-refractivity contribution in [2.24, 2.45) is 0 Å². The maximum absolute atomic E-state index is 13.1. The zero-order valence-electron chi connectivity index (χ0n) is 17.3. The number of halogens is 1. The number of Topliss-reactive ketones (excluding diaryl/α,β-unsaturated/α-hetero) is 1. The Morgan fingerprint density at radius 2 is 1.84 bits per heavy atom. The molecule has 1 atom stereocenters. The summed E-state index contributed by atoms with van der Waals surface area (Å²) < 4.78 is 11.1. The minimum Gasteiger partial charge on any atom is -0.507 e. The molecule has 1 unspecified atom stereocenters. The van der Waals surface area contributed by atoms with Crippen molar-refractivity contribution in [3.8, 4) is 11.5 Å². The number of aromatic nitrogens is 1. The van der Waals surface area contributed by atoms with Crippen LogP contribution in [0.15, 0.2) is 76.9 Å². The highest BCUT2D eigenvalue weighted by atomic mass is 79.9. The van der Waals surface area contributed by atoms with Crippen LogP contribution in [0.2, 0.25) is 0 Å². The lowest BCUT2D eigenvalue weighted by atomic mass is 9.98. The van der Waals surface area contributed by atoms with Gasteiger partial charge in [-0.1, -0.05) is 12.1 Å². The van der Waals surface area contributed by atoms with E-state index in [1.54, 1.807) is 66.9 Å². The van der Waals surface area contributed by atoms with Gasteiger partial charge in [-0.2, -0.15) is 0 Å². The first kappa shape index (κ1) is 21.6. The summed E-state index contributed by atoms with van der Waals surface area (Å²) in [6, 6.07) is 16.0. The quantitative estimate of drug-likeness (QED) is 0.319. The first-order valence-electron chi connectivity index (χ1n) is 9.66. The molecule has 3 aromatic rings. The molecule has 0 radical (unpaired) electrons. The minimum atomic E-state index is -0.913. The van der Waals surface area contributed by atoms with Gasteiger partial charge in [0.1, 0.15) is 23.3 Å². The molecule has 1 aliphatic rings. The third kappa shape index (κ3) is 3.73. The van der Waals surface area contributed by atoms with Crippen LogP contribution in [0.4, 0.5) is 5.69 Å². The van der Waals surface area contributed by atoms with Crippen LogP contribution >= 0.6 is 15.9 Å². The van der Waals surface area contributed by atoms with Gasteiger partial charge in [0, 0.05) is 23.5 Å². The number of nitrogens with zero attached hydrogens (tertiary/aromatic N) is 2. The molecular weight excluding hydrogens is 476 g/mol. The molecule has 1 aromatic heterocycles. The monoisotopic (exact) mass is 494 g/mol. The second-order valence-corrected chi connectivity index (χ2v) is 7.83. The van der Waals surface area contributed by atoms with Crippen molar-refractivity contribution in [2.75, 3.05) is 19.1 Å². The second kappa shape index (κ2) is 8.84. The van der Waals surface area contributed by atoms with Gasteiger partial charge < -0.3 is 14.6 Å². The molecule has 4 rings (SSSR count). The fraction of sp³-hybridized carbons (Fsp3) is 0.125. The largest absolute Gasteiger partial charge is 0.507 e. The number of carbonyl (C=O) groups is 2. The average Bonchev–Trinajstić information content (AvgIpc) is 3.09. The van der Waals surface area contributed by atoms with Gasteiger partial charge in [0.2, 0.25) is 0 Å². The van der Waals surface area contributed by atoms with Crippen molar-refractivity contribution in [3.05, 3.63) is 88.2 Å². The number of rotatable bonds is 5. The molecule has 8 heteroatoms. The molecule has 0 bridgehead atoms. The summed E-state index contributed by atoms with van der Waals surface area (Å²) in [7, 11) is 3.05. The van der Waals surface area contributed by atoms with Crippen molar-refractivity contribution in [3.63, 3.8) is 0 Å². The number of hydrogen-bond donors (Lipinski definition) is 1. The number of amides is 1. The Morgan fingerprint density at radius 1 is 1.03 bits per heavy atom. The van der Waals surface area contributed by atoms with E-state index in [1.807, 2.05) is 0 Å². The molecule has 0 saturated carbocycles. The van der Waals surface area contributed by atoms with Gasteiger partial charge in [-0.15, -0.1) is 0 Å². The summed E-state index contributed by atoms with van der Waals surface area (Å²) in [4.78, 5) is 32.0. The van der Waals surface area contributed by atoms with E-state index in [0.717, 1.165) is 0 Å². The van der Waals surface area contributed by atoms with Gasteiger partial charge in [-0.3, -0.25) is 19.5 Å². The van der Waals surface area contributed by atoms with Crippen LogP contribution in [0.3, 0.4) is 0 Å². The number of pyridine rings is 1. The topological polar surface area (TPSA) is 89.0 Å². The number of ketones is 1. The van der Waals surface area contributed by atoms with E-state index in [2.05, 4.69) is 20.9 Å². The Morgan fingerprint density at radius 3 is 2.50 bits per heavy atom. The maximum atomic E-state index is 13.1. The van der Waals surface area contributed by atoms with E-state index in [9.17, 15) is 14.7 Å². The molecule has 1 amide bonds. The summed E-state index contributed by atoms with van der Waals surface area (Å²) in [6.45, 7) is 0. The molecule has 32 heavy (non-hydrogen) atoms. The lowest BCUT2D eigenvalue weighted by molar-refractivity contribution is -0.132. The van der Waals surface area contributed by atoms with E-state index >= 15 is 0 Å². The molecule has 2 heterocycles. The number of ether oxygens (including phenoxy) is 2. The summed E-state index contributed by atoms with van der Waals surface area (Å²) in [5.41, 5.74) is 1.22. The van der Waals surface area contributed by atoms with Crippen LogP contribution < -0.4 is 14.4 Å². The highest BCUT2D eigenvalue weighted by Gasteiger charge is 2.47. The van der Waals surface area contributed by atoms with Crippen LogP contribution in [0.1, 0.15) is 17.3 Å². The highest BCUT2D eigenvalue weighted by Crippen LogP contribution is 2.42. The molecule has 162 valence electrons. The second-order valence-electron chi connectivity index (χ2n) is 6.97. The van der Waals surface area contributed by atoms with Gasteiger partial charge in [0.25, 0.3) is 11.7 Å². The van der Waals surface area contributed by atoms with Crippen LogP contribution in [0.25, 0.3) is 5.76 Å². The Kier molecular flexibility index (Phi) is 5.96. The maximum Gasteiger partial charge on any atom is 0.300 e. The first-order chi connectivity index (χ1) is 15.5. The minimum absolute atomic E-state index is 0.0476. The number of aliphatic hydroxyl groups is 1. The summed E-state index contributed by atoms with van der Waals surface area (Å²) >= 11 is 3.39. The SMILES string of the molecule is COc1cccc(N2C(=O)C(=O)/C(=C(/O)c3ccc(OC)c(Br)c3)C2c2ccccn2)c1. The predicted octanol–water partition coefficient (Wildman–Crippen LogP) is 4.49. The molecule has 0 aliphatic carbocycles. The molecule has 2 aromatic carbocycles. The Balaban J connectivity index is 1.93. The van der Waals surface area contributed by atoms with E-state index in [4.69, 9.17) is 9.47 Å². The zero-order chi connectivity index (χ0) is 22.8. The number of aliphatic hydroxyl groups excluding tert-OH is 1. The van der Waals surface area contributed by atoms with Crippen LogP contribution in [0, 0.1) is 0 Å². The molecule has 1 fully saturated rings. The fourth-order valence-electron chi connectivity index (χ4n) is 3.65. The third-order valence-electron chi connectivity index (χ3n) is 5.17. The summed E-state index contributed by atoms with van der Waals surface area (Å²) in [6.07, 6.45) is 1.57. The molecular formula is C24H19BrN2O5. The van der Waals surface area contributed by atoms with Gasteiger partial charge in [0.15, 0.2) is 0 Å². The van der Waals surface area contributed by atoms with Crippen molar-refractivity contribution >= 4 is 39.1 Å². The molecule has 1 aliphatic heterocycles. The van der Waals surface area contributed by atoms with E-state index in [0.29, 0.717) is 32.9 Å². The lowest BCUT2D eigenvalue weighted by Gasteiger charge is -2.25. The van der Waals surface area contributed by atoms with Crippen LogP contribution in [-0.4, -0.2) is 36.0 Å². The van der Waals surface area contributed by atoms with Gasteiger partial charge in [-0.05, 0) is 58.4 Å². The number of benzene rings is 2. The van der Waals surface area contributed by atoms with Gasteiger partial charge >= 0.3 is 0 Å².